The number of carbonyl (C=O) groups is 2. The molecule has 1 aliphatic carbocycles. The zero-order chi connectivity index (χ0) is 16.0. The minimum absolute atomic E-state index is 0.00973. The molecule has 1 aromatic carbocycles. The number of carbonyl (C=O) groups excluding carboxylic acids is 2. The average molecular weight is 317 g/mol. The van der Waals surface area contributed by atoms with Crippen LogP contribution in [0.4, 0.5) is 4.39 Å². The van der Waals surface area contributed by atoms with Crippen LogP contribution in [0.1, 0.15) is 18.4 Å². The third-order valence-corrected chi connectivity index (χ3v) is 5.33. The average Bonchev–Trinajstić information content (AvgIpc) is 3.36. The summed E-state index contributed by atoms with van der Waals surface area (Å²) < 4.78 is 14.1. The van der Waals surface area contributed by atoms with Crippen LogP contribution in [0.15, 0.2) is 24.3 Å². The van der Waals surface area contributed by atoms with E-state index >= 15 is 0 Å². The van der Waals surface area contributed by atoms with Gasteiger partial charge in [-0.25, -0.2) is 4.39 Å². The quantitative estimate of drug-likeness (QED) is 0.864. The first-order valence-electron chi connectivity index (χ1n) is 8.18. The Hall–Kier alpha value is -1.95. The minimum atomic E-state index is -0.710. The molecule has 0 radical (unpaired) electrons. The molecule has 3 aliphatic rings. The van der Waals surface area contributed by atoms with Crippen LogP contribution in [-0.2, 0) is 15.0 Å². The van der Waals surface area contributed by atoms with Gasteiger partial charge in [0.05, 0.1) is 5.41 Å². The van der Waals surface area contributed by atoms with Crippen LogP contribution in [0, 0.1) is 5.82 Å². The van der Waals surface area contributed by atoms with E-state index in [4.69, 9.17) is 0 Å². The molecule has 0 unspecified atom stereocenters. The van der Waals surface area contributed by atoms with Crippen LogP contribution in [0.2, 0.25) is 0 Å². The maximum Gasteiger partial charge on any atom is 0.239 e. The van der Waals surface area contributed by atoms with Gasteiger partial charge in [-0.1, -0.05) is 18.2 Å². The molecular weight excluding hydrogens is 297 g/mol. The first kappa shape index (κ1) is 14.6. The molecule has 2 heterocycles. The number of benzene rings is 1. The van der Waals surface area contributed by atoms with Crippen molar-refractivity contribution in [1.82, 2.24) is 15.1 Å². The molecule has 5 nitrogen and oxygen atoms in total. The largest absolute Gasteiger partial charge is 0.353 e. The van der Waals surface area contributed by atoms with Gasteiger partial charge in [0.2, 0.25) is 11.8 Å². The topological polar surface area (TPSA) is 52.7 Å². The SMILES string of the molecule is O=C1NCCN2CCN(C(=O)C3(c4ccccc4F)CC3)C[C@H]12. The first-order valence-corrected chi connectivity index (χ1v) is 8.18. The van der Waals surface area contributed by atoms with Crippen molar-refractivity contribution in [2.75, 3.05) is 32.7 Å². The first-order chi connectivity index (χ1) is 11.1. The number of fused-ring (bicyclic) bond motifs is 1. The van der Waals surface area contributed by atoms with Crippen molar-refractivity contribution in [2.24, 2.45) is 0 Å². The fourth-order valence-corrected chi connectivity index (χ4v) is 3.84. The molecule has 1 aromatic rings. The molecule has 0 spiro atoms. The van der Waals surface area contributed by atoms with Crippen LogP contribution in [0.3, 0.4) is 0 Å². The van der Waals surface area contributed by atoms with Crippen molar-refractivity contribution in [3.8, 4) is 0 Å². The molecule has 0 bridgehead atoms. The van der Waals surface area contributed by atoms with Crippen molar-refractivity contribution >= 4 is 11.8 Å². The van der Waals surface area contributed by atoms with Gasteiger partial charge in [-0.2, -0.15) is 0 Å². The van der Waals surface area contributed by atoms with Crippen molar-refractivity contribution in [1.29, 1.82) is 0 Å². The van der Waals surface area contributed by atoms with E-state index in [-0.39, 0.29) is 23.7 Å². The summed E-state index contributed by atoms with van der Waals surface area (Å²) in [6, 6.07) is 6.28. The van der Waals surface area contributed by atoms with Crippen LogP contribution >= 0.6 is 0 Å². The lowest BCUT2D eigenvalue weighted by Gasteiger charge is -2.44. The number of nitrogens with zero attached hydrogens (tertiary/aromatic N) is 2. The van der Waals surface area contributed by atoms with Gasteiger partial charge in [0.15, 0.2) is 0 Å². The smallest absolute Gasteiger partial charge is 0.239 e. The van der Waals surface area contributed by atoms with E-state index in [0.29, 0.717) is 44.6 Å². The molecule has 0 aromatic heterocycles. The normalized spacial score (nSPS) is 26.4. The number of amides is 2. The third-order valence-electron chi connectivity index (χ3n) is 5.33. The summed E-state index contributed by atoms with van der Waals surface area (Å²) in [6.45, 7) is 3.22. The lowest BCUT2D eigenvalue weighted by atomic mass is 9.93. The van der Waals surface area contributed by atoms with E-state index in [1.165, 1.54) is 6.07 Å². The van der Waals surface area contributed by atoms with E-state index in [1.54, 1.807) is 23.1 Å². The fourth-order valence-electron chi connectivity index (χ4n) is 3.84. The zero-order valence-corrected chi connectivity index (χ0v) is 12.9. The highest BCUT2D eigenvalue weighted by Gasteiger charge is 2.55. The molecule has 1 saturated carbocycles. The summed E-state index contributed by atoms with van der Waals surface area (Å²) in [6.07, 6.45) is 1.37. The number of piperazine rings is 2. The van der Waals surface area contributed by atoms with Crippen molar-refractivity contribution < 1.29 is 14.0 Å². The maximum atomic E-state index is 14.1. The standard InChI is InChI=1S/C17H20FN3O2/c18-13-4-2-1-3-12(13)17(5-6-17)16(23)21-10-9-20-8-7-19-15(22)14(20)11-21/h1-4,14H,5-11H2,(H,19,22)/t14-/m1/s1. The highest BCUT2D eigenvalue weighted by atomic mass is 19.1. The minimum Gasteiger partial charge on any atom is -0.353 e. The number of hydrogen-bond acceptors (Lipinski definition) is 3. The molecule has 2 aliphatic heterocycles. The zero-order valence-electron chi connectivity index (χ0n) is 12.9. The Balaban J connectivity index is 1.56. The number of rotatable bonds is 2. The highest BCUT2D eigenvalue weighted by Crippen LogP contribution is 2.50. The van der Waals surface area contributed by atoms with Gasteiger partial charge in [-0.3, -0.25) is 14.5 Å². The van der Waals surface area contributed by atoms with Crippen molar-refractivity contribution in [2.45, 2.75) is 24.3 Å². The molecule has 4 rings (SSSR count). The summed E-state index contributed by atoms with van der Waals surface area (Å²) in [5, 5.41) is 2.86. The van der Waals surface area contributed by atoms with Gasteiger partial charge in [0, 0.05) is 38.3 Å². The Kier molecular flexibility index (Phi) is 3.37. The summed E-state index contributed by atoms with van der Waals surface area (Å²) in [5.74, 6) is -0.350. The van der Waals surface area contributed by atoms with E-state index in [2.05, 4.69) is 10.2 Å². The number of nitrogens with one attached hydrogen (secondary N) is 1. The van der Waals surface area contributed by atoms with E-state index < -0.39 is 5.41 Å². The van der Waals surface area contributed by atoms with E-state index in [9.17, 15) is 14.0 Å². The predicted octanol–water partition coefficient (Wildman–Crippen LogP) is 0.500. The van der Waals surface area contributed by atoms with E-state index in [0.717, 1.165) is 6.54 Å². The number of hydrogen-bond donors (Lipinski definition) is 1. The molecule has 1 atom stereocenters. The van der Waals surface area contributed by atoms with Crippen LogP contribution in [-0.4, -0.2) is 60.4 Å². The van der Waals surface area contributed by atoms with Gasteiger partial charge in [-0.15, -0.1) is 0 Å². The van der Waals surface area contributed by atoms with Crippen LogP contribution < -0.4 is 5.32 Å². The van der Waals surface area contributed by atoms with Crippen LogP contribution in [0.25, 0.3) is 0 Å². The Morgan fingerprint density at radius 1 is 1.22 bits per heavy atom. The van der Waals surface area contributed by atoms with Gasteiger partial charge in [-0.05, 0) is 18.9 Å². The Bertz CT molecular complexity index is 659. The van der Waals surface area contributed by atoms with Gasteiger partial charge < -0.3 is 10.2 Å². The molecule has 1 N–H and O–H groups in total. The Morgan fingerprint density at radius 2 is 2.00 bits per heavy atom. The molecular formula is C17H20FN3O2. The molecule has 2 amide bonds. The summed E-state index contributed by atoms with van der Waals surface area (Å²) >= 11 is 0. The second-order valence-corrected chi connectivity index (χ2v) is 6.66. The lowest BCUT2D eigenvalue weighted by Crippen LogP contribution is -2.65. The summed E-state index contributed by atoms with van der Waals surface area (Å²) in [5.41, 5.74) is -0.209. The molecule has 122 valence electrons. The van der Waals surface area contributed by atoms with Gasteiger partial charge in [0.25, 0.3) is 0 Å². The molecule has 23 heavy (non-hydrogen) atoms. The summed E-state index contributed by atoms with van der Waals surface area (Å²) in [4.78, 5) is 28.9. The Labute approximate surface area is 134 Å². The molecule has 6 heteroatoms. The van der Waals surface area contributed by atoms with E-state index in [1.807, 2.05) is 0 Å². The number of halogens is 1. The monoisotopic (exact) mass is 317 g/mol. The van der Waals surface area contributed by atoms with Crippen molar-refractivity contribution in [3.05, 3.63) is 35.6 Å². The lowest BCUT2D eigenvalue weighted by molar-refractivity contribution is -0.141. The van der Waals surface area contributed by atoms with Crippen LogP contribution in [0.5, 0.6) is 0 Å². The second kappa shape index (κ2) is 5.30. The Morgan fingerprint density at radius 3 is 2.74 bits per heavy atom. The maximum absolute atomic E-state index is 14.1. The van der Waals surface area contributed by atoms with Crippen molar-refractivity contribution in [3.63, 3.8) is 0 Å². The summed E-state index contributed by atoms with van der Waals surface area (Å²) in [7, 11) is 0. The predicted molar refractivity (Wildman–Crippen MR) is 82.3 cm³/mol. The highest BCUT2D eigenvalue weighted by molar-refractivity contribution is 5.92. The molecule has 3 fully saturated rings. The van der Waals surface area contributed by atoms with Gasteiger partial charge >= 0.3 is 0 Å². The van der Waals surface area contributed by atoms with Gasteiger partial charge in [0.1, 0.15) is 11.9 Å². The third kappa shape index (κ3) is 2.32. The second-order valence-electron chi connectivity index (χ2n) is 6.66. The fraction of sp³-hybridized carbons (Fsp3) is 0.529. The molecule has 2 saturated heterocycles.